The lowest BCUT2D eigenvalue weighted by atomic mass is 10.2. The van der Waals surface area contributed by atoms with Crippen LogP contribution in [0.25, 0.3) is 0 Å². The summed E-state index contributed by atoms with van der Waals surface area (Å²) in [5.74, 6) is -1.16. The monoisotopic (exact) mass is 240 g/mol. The van der Waals surface area contributed by atoms with Gasteiger partial charge in [-0.2, -0.15) is 0 Å². The highest BCUT2D eigenvalue weighted by Crippen LogP contribution is 2.33. The molecule has 6 nitrogen and oxygen atoms in total. The van der Waals surface area contributed by atoms with Crippen molar-refractivity contribution in [2.75, 3.05) is 6.54 Å². The van der Waals surface area contributed by atoms with E-state index in [9.17, 15) is 14.4 Å². The Morgan fingerprint density at radius 2 is 1.94 bits per heavy atom. The van der Waals surface area contributed by atoms with Gasteiger partial charge in [-0.15, -0.1) is 0 Å². The van der Waals surface area contributed by atoms with E-state index in [1.165, 1.54) is 12.8 Å². The van der Waals surface area contributed by atoms with E-state index in [4.69, 9.17) is 5.11 Å². The van der Waals surface area contributed by atoms with E-state index in [-0.39, 0.29) is 0 Å². The predicted octanol–water partition coefficient (Wildman–Crippen LogP) is 0.643. The van der Waals surface area contributed by atoms with Crippen molar-refractivity contribution >= 4 is 17.9 Å². The van der Waals surface area contributed by atoms with Crippen LogP contribution in [0.5, 0.6) is 0 Å². The molecule has 0 unspecified atom stereocenters. The molecule has 94 valence electrons. The molecule has 1 aliphatic carbocycles. The second kappa shape index (κ2) is 6.67. The number of amides is 3. The van der Waals surface area contributed by atoms with Crippen LogP contribution in [0.2, 0.25) is 0 Å². The van der Waals surface area contributed by atoms with Gasteiger partial charge in [0.05, 0.1) is 0 Å². The first-order chi connectivity index (χ1) is 8.08. The summed E-state index contributed by atoms with van der Waals surface area (Å²) in [6.45, 7) is 0.526. The van der Waals surface area contributed by atoms with Crippen LogP contribution in [-0.4, -0.2) is 29.6 Å². The van der Waals surface area contributed by atoms with E-state index in [2.05, 4.69) is 5.32 Å². The average Bonchev–Trinajstić information content (AvgIpc) is 3.05. The van der Waals surface area contributed by atoms with E-state index < -0.39 is 17.9 Å². The first-order valence-corrected chi connectivity index (χ1v) is 5.57. The molecule has 0 bridgehead atoms. The zero-order chi connectivity index (χ0) is 12.7. The lowest BCUT2D eigenvalue weighted by Gasteiger charge is -2.04. The van der Waals surface area contributed by atoms with Crippen molar-refractivity contribution in [1.82, 2.24) is 10.6 Å². The standard InChI is InChI=1S/C11H16N2O4/c14-9(5-6-10(15)16)13-11(17)12-7-1-2-8-3-4-8/h5-6,8H,1-4,7H2,(H,15,16)(H2,12,13,14,17)/b6-5+. The Labute approximate surface area is 99.1 Å². The number of nitrogens with one attached hydrogen (secondary N) is 2. The summed E-state index contributed by atoms with van der Waals surface area (Å²) in [6, 6.07) is -0.596. The maximum absolute atomic E-state index is 11.1. The summed E-state index contributed by atoms with van der Waals surface area (Å²) in [4.78, 5) is 32.2. The van der Waals surface area contributed by atoms with Crippen LogP contribution in [-0.2, 0) is 9.59 Å². The van der Waals surface area contributed by atoms with E-state index in [1.54, 1.807) is 0 Å². The number of carbonyl (C=O) groups is 3. The number of aliphatic carboxylic acids is 1. The van der Waals surface area contributed by atoms with Gasteiger partial charge in [0, 0.05) is 18.7 Å². The molecule has 0 aromatic heterocycles. The van der Waals surface area contributed by atoms with Crippen molar-refractivity contribution in [3.8, 4) is 0 Å². The zero-order valence-corrected chi connectivity index (χ0v) is 9.44. The average molecular weight is 240 g/mol. The molecule has 0 atom stereocenters. The van der Waals surface area contributed by atoms with E-state index in [1.807, 2.05) is 5.32 Å². The molecule has 6 heteroatoms. The molecule has 3 amide bonds. The van der Waals surface area contributed by atoms with Gasteiger partial charge in [0.25, 0.3) is 5.91 Å². The number of carboxylic acid groups (broad SMARTS) is 1. The van der Waals surface area contributed by atoms with Gasteiger partial charge >= 0.3 is 12.0 Å². The summed E-state index contributed by atoms with van der Waals surface area (Å²) in [5.41, 5.74) is 0. The van der Waals surface area contributed by atoms with Gasteiger partial charge in [0.15, 0.2) is 0 Å². The van der Waals surface area contributed by atoms with Gasteiger partial charge in [-0.25, -0.2) is 9.59 Å². The molecule has 1 rings (SSSR count). The molecule has 0 saturated heterocycles. The summed E-state index contributed by atoms with van der Waals surface area (Å²) in [6.07, 6.45) is 6.04. The van der Waals surface area contributed by atoms with Crippen molar-refractivity contribution in [3.63, 3.8) is 0 Å². The van der Waals surface area contributed by atoms with E-state index in [0.29, 0.717) is 12.6 Å². The quantitative estimate of drug-likeness (QED) is 0.469. The maximum atomic E-state index is 11.1. The second-order valence-electron chi connectivity index (χ2n) is 4.00. The third-order valence-corrected chi connectivity index (χ3v) is 2.39. The molecule has 0 heterocycles. The van der Waals surface area contributed by atoms with Gasteiger partial charge in [-0.1, -0.05) is 12.8 Å². The molecule has 17 heavy (non-hydrogen) atoms. The van der Waals surface area contributed by atoms with E-state index >= 15 is 0 Å². The van der Waals surface area contributed by atoms with Crippen LogP contribution in [0.15, 0.2) is 12.2 Å². The second-order valence-corrected chi connectivity index (χ2v) is 4.00. The van der Waals surface area contributed by atoms with E-state index in [0.717, 1.165) is 24.8 Å². The molecule has 0 spiro atoms. The molecular formula is C11H16N2O4. The number of imide groups is 1. The number of urea groups is 1. The fourth-order valence-electron chi connectivity index (χ4n) is 1.34. The largest absolute Gasteiger partial charge is 0.478 e. The van der Waals surface area contributed by atoms with Crippen molar-refractivity contribution in [1.29, 1.82) is 0 Å². The van der Waals surface area contributed by atoms with Crippen molar-refractivity contribution in [2.24, 2.45) is 5.92 Å². The van der Waals surface area contributed by atoms with Crippen molar-refractivity contribution in [3.05, 3.63) is 12.2 Å². The lowest BCUT2D eigenvalue weighted by molar-refractivity contribution is -0.131. The number of hydrogen-bond donors (Lipinski definition) is 3. The van der Waals surface area contributed by atoms with Gasteiger partial charge in [-0.3, -0.25) is 10.1 Å². The smallest absolute Gasteiger partial charge is 0.328 e. The summed E-state index contributed by atoms with van der Waals surface area (Å²) in [5, 5.41) is 12.8. The molecule has 1 saturated carbocycles. The Balaban J connectivity index is 2.06. The molecule has 0 radical (unpaired) electrons. The Morgan fingerprint density at radius 1 is 1.24 bits per heavy atom. The third kappa shape index (κ3) is 7.10. The normalized spacial score (nSPS) is 14.6. The first-order valence-electron chi connectivity index (χ1n) is 5.57. The Kier molecular flexibility index (Phi) is 5.19. The number of carboxylic acids is 1. The number of carbonyl (C=O) groups excluding carboxylic acids is 2. The van der Waals surface area contributed by atoms with Crippen LogP contribution in [0.1, 0.15) is 25.7 Å². The molecule has 1 fully saturated rings. The fourth-order valence-corrected chi connectivity index (χ4v) is 1.34. The van der Waals surface area contributed by atoms with Crippen LogP contribution in [0.4, 0.5) is 4.79 Å². The minimum Gasteiger partial charge on any atom is -0.478 e. The highest BCUT2D eigenvalue weighted by Gasteiger charge is 2.20. The summed E-state index contributed by atoms with van der Waals surface area (Å²) in [7, 11) is 0. The SMILES string of the molecule is O=C(O)/C=C/C(=O)NC(=O)NCCCC1CC1. The highest BCUT2D eigenvalue weighted by molar-refractivity contribution is 6.02. The van der Waals surface area contributed by atoms with Crippen molar-refractivity contribution in [2.45, 2.75) is 25.7 Å². The molecular weight excluding hydrogens is 224 g/mol. The van der Waals surface area contributed by atoms with Crippen LogP contribution < -0.4 is 10.6 Å². The highest BCUT2D eigenvalue weighted by atomic mass is 16.4. The van der Waals surface area contributed by atoms with Gasteiger partial charge in [-0.05, 0) is 18.8 Å². The Hall–Kier alpha value is -1.85. The minimum absolute atomic E-state index is 0.526. The Morgan fingerprint density at radius 3 is 2.53 bits per heavy atom. The van der Waals surface area contributed by atoms with Crippen LogP contribution in [0.3, 0.4) is 0 Å². The molecule has 1 aliphatic rings. The molecule has 0 aromatic carbocycles. The first kappa shape index (κ1) is 13.2. The number of hydrogen-bond acceptors (Lipinski definition) is 3. The topological polar surface area (TPSA) is 95.5 Å². The molecule has 0 aliphatic heterocycles. The lowest BCUT2D eigenvalue weighted by Crippen LogP contribution is -2.39. The van der Waals surface area contributed by atoms with Gasteiger partial charge < -0.3 is 10.4 Å². The fraction of sp³-hybridized carbons (Fsp3) is 0.545. The third-order valence-electron chi connectivity index (χ3n) is 2.39. The predicted molar refractivity (Wildman–Crippen MR) is 60.3 cm³/mol. The molecule has 3 N–H and O–H groups in total. The van der Waals surface area contributed by atoms with Crippen LogP contribution >= 0.6 is 0 Å². The maximum Gasteiger partial charge on any atom is 0.328 e. The molecule has 0 aromatic rings. The van der Waals surface area contributed by atoms with Gasteiger partial charge in [0.2, 0.25) is 0 Å². The summed E-state index contributed by atoms with van der Waals surface area (Å²) < 4.78 is 0. The summed E-state index contributed by atoms with van der Waals surface area (Å²) >= 11 is 0. The van der Waals surface area contributed by atoms with Gasteiger partial charge in [0.1, 0.15) is 0 Å². The Bertz CT molecular complexity index is 334. The van der Waals surface area contributed by atoms with Crippen LogP contribution in [0, 0.1) is 5.92 Å². The minimum atomic E-state index is -1.23. The zero-order valence-electron chi connectivity index (χ0n) is 9.44. The number of rotatable bonds is 6. The van der Waals surface area contributed by atoms with Crippen molar-refractivity contribution < 1.29 is 19.5 Å².